The first kappa shape index (κ1) is 36.3. The van der Waals surface area contributed by atoms with E-state index in [0.29, 0.717) is 0 Å². The van der Waals surface area contributed by atoms with Crippen molar-refractivity contribution in [3.8, 4) is 45.3 Å². The van der Waals surface area contributed by atoms with Crippen molar-refractivity contribution in [3.63, 3.8) is 0 Å². The van der Waals surface area contributed by atoms with E-state index >= 15 is 0 Å². The van der Waals surface area contributed by atoms with Gasteiger partial charge in [0.05, 0.1) is 22.8 Å². The van der Waals surface area contributed by atoms with E-state index in [1.165, 1.54) is 18.8 Å². The van der Waals surface area contributed by atoms with Gasteiger partial charge in [-0.3, -0.25) is 42.0 Å². The van der Waals surface area contributed by atoms with E-state index in [1.54, 1.807) is 35.1 Å². The Kier molecular flexibility index (Phi) is 13.5. The SMILES string of the molecule is [Pt+2].[Pt+2].[c-]1ccccc1-c1cccc(-c2ccccn2)n1.[c-]1ccccc1-c1cccc(-c2ccccn2)n1.[c-]1csc2sc3sc[c-]c3c12. The minimum Gasteiger partial charge on any atom is -0.295 e. The summed E-state index contributed by atoms with van der Waals surface area (Å²) in [5.41, 5.74) is 7.35. The van der Waals surface area contributed by atoms with Gasteiger partial charge in [-0.1, -0.05) is 55.2 Å². The van der Waals surface area contributed by atoms with Crippen LogP contribution in [-0.4, -0.2) is 19.9 Å². The van der Waals surface area contributed by atoms with E-state index in [4.69, 9.17) is 0 Å². The molecule has 49 heavy (non-hydrogen) atoms. The van der Waals surface area contributed by atoms with Crippen molar-refractivity contribution in [2.45, 2.75) is 0 Å². The third-order valence-corrected chi connectivity index (χ3v) is 10.1. The number of aromatic nitrogens is 4. The number of benzene rings is 2. The summed E-state index contributed by atoms with van der Waals surface area (Å²) in [4.78, 5) is 17.9. The Hall–Kier alpha value is -3.96. The summed E-state index contributed by atoms with van der Waals surface area (Å²) >= 11 is 5.38. The smallest absolute Gasteiger partial charge is 0.295 e. The Labute approximate surface area is 326 Å². The van der Waals surface area contributed by atoms with Crippen LogP contribution in [0.5, 0.6) is 0 Å². The molecule has 2 aromatic carbocycles. The van der Waals surface area contributed by atoms with Crippen molar-refractivity contribution in [1.29, 1.82) is 0 Å². The van der Waals surface area contributed by atoms with Gasteiger partial charge >= 0.3 is 42.1 Å². The minimum atomic E-state index is 0. The third-order valence-electron chi connectivity index (χ3n) is 6.90. The van der Waals surface area contributed by atoms with Gasteiger partial charge < -0.3 is 0 Å². The molecule has 9 heteroatoms. The molecule has 4 nitrogen and oxygen atoms in total. The number of hydrogen-bond acceptors (Lipinski definition) is 7. The van der Waals surface area contributed by atoms with Crippen molar-refractivity contribution >= 4 is 52.8 Å². The van der Waals surface area contributed by atoms with Crippen molar-refractivity contribution in [1.82, 2.24) is 19.9 Å². The maximum Gasteiger partial charge on any atom is 2.00 e. The monoisotopic (exact) mass is 1050 g/mol. The summed E-state index contributed by atoms with van der Waals surface area (Å²) < 4.78 is 2.76. The number of nitrogens with zero attached hydrogens (tertiary/aromatic N) is 4. The largest absolute Gasteiger partial charge is 2.00 e. The molecule has 0 aliphatic heterocycles. The molecule has 0 unspecified atom stereocenters. The number of fused-ring (bicyclic) bond motifs is 3. The zero-order chi connectivity index (χ0) is 31.7. The Morgan fingerprint density at radius 2 is 0.837 bits per heavy atom. The van der Waals surface area contributed by atoms with Crippen molar-refractivity contribution < 1.29 is 42.1 Å². The molecule has 9 rings (SSSR count). The molecule has 9 aromatic rings. The van der Waals surface area contributed by atoms with Gasteiger partial charge in [-0.15, -0.1) is 71.8 Å². The van der Waals surface area contributed by atoms with Crippen LogP contribution in [0.1, 0.15) is 0 Å². The van der Waals surface area contributed by atoms with E-state index in [9.17, 15) is 0 Å². The fourth-order valence-corrected chi connectivity index (χ4v) is 7.84. The molecule has 0 N–H and O–H groups in total. The van der Waals surface area contributed by atoms with Gasteiger partial charge in [0.2, 0.25) is 0 Å². The molecule has 0 bridgehead atoms. The van der Waals surface area contributed by atoms with Gasteiger partial charge in [0.15, 0.2) is 0 Å². The normalized spacial score (nSPS) is 10.1. The fraction of sp³-hybridized carbons (Fsp3) is 0. The quantitative estimate of drug-likeness (QED) is 0.165. The van der Waals surface area contributed by atoms with Crippen LogP contribution in [-0.2, 0) is 42.1 Å². The Balaban J connectivity index is 0.000000144. The number of pyridine rings is 4. The maximum absolute atomic E-state index is 4.62. The summed E-state index contributed by atoms with van der Waals surface area (Å²) in [6, 6.07) is 52.0. The second-order valence-electron chi connectivity index (χ2n) is 9.99. The van der Waals surface area contributed by atoms with Crippen LogP contribution in [0.3, 0.4) is 0 Å². The molecular weight excluding hydrogens is 1020 g/mol. The topological polar surface area (TPSA) is 51.6 Å². The van der Waals surface area contributed by atoms with Gasteiger partial charge in [-0.25, -0.2) is 34.8 Å². The average molecular weight is 1050 g/mol. The van der Waals surface area contributed by atoms with Crippen LogP contribution >= 0.6 is 34.0 Å². The van der Waals surface area contributed by atoms with Gasteiger partial charge in [-0.05, 0) is 47.8 Å². The van der Waals surface area contributed by atoms with E-state index in [0.717, 1.165) is 45.3 Å². The van der Waals surface area contributed by atoms with E-state index < -0.39 is 0 Å². The average Bonchev–Trinajstić information content (AvgIpc) is 3.90. The van der Waals surface area contributed by atoms with Gasteiger partial charge in [0.1, 0.15) is 0 Å². The molecule has 0 atom stereocenters. The summed E-state index contributed by atoms with van der Waals surface area (Å²) in [6.45, 7) is 0. The maximum atomic E-state index is 4.62. The predicted octanol–water partition coefficient (Wildman–Crippen LogP) is 11.0. The molecule has 0 saturated heterocycles. The minimum absolute atomic E-state index is 0. The van der Waals surface area contributed by atoms with Crippen LogP contribution in [0.15, 0.2) is 144 Å². The first-order chi connectivity index (χ1) is 23.3. The molecule has 242 valence electrons. The van der Waals surface area contributed by atoms with Crippen LogP contribution < -0.4 is 0 Å². The second kappa shape index (κ2) is 18.1. The van der Waals surface area contributed by atoms with Crippen LogP contribution in [0, 0.1) is 24.3 Å². The van der Waals surface area contributed by atoms with E-state index in [2.05, 4.69) is 44.2 Å². The first-order valence-corrected chi connectivity index (χ1v) is 17.3. The summed E-state index contributed by atoms with van der Waals surface area (Å²) in [5, 5.41) is 6.56. The Morgan fingerprint density at radius 1 is 0.408 bits per heavy atom. The van der Waals surface area contributed by atoms with Crippen LogP contribution in [0.4, 0.5) is 0 Å². The molecule has 0 aliphatic rings. The van der Waals surface area contributed by atoms with Crippen LogP contribution in [0.25, 0.3) is 64.1 Å². The fourth-order valence-electron chi connectivity index (χ4n) is 4.69. The van der Waals surface area contributed by atoms with Crippen molar-refractivity contribution in [2.75, 3.05) is 0 Å². The number of thiophene rings is 3. The molecule has 0 fully saturated rings. The third kappa shape index (κ3) is 9.19. The summed E-state index contributed by atoms with van der Waals surface area (Å²) in [7, 11) is 0. The summed E-state index contributed by atoms with van der Waals surface area (Å²) in [5.74, 6) is 0. The molecule has 0 amide bonds. The Bertz CT molecular complexity index is 2040. The standard InChI is InChI=1S/2C16H11N2.C8H2S3.2Pt/c2*1-2-7-13(8-3-1)14-10-6-11-16(18-14)15-9-4-5-12-17-15;1-3-9-7-5(1)6-2-4-10-8(6)11-7;;/h2*1-7,9-12H;3-4H;;/q2*-1;-2;2*+2. The molecule has 0 saturated carbocycles. The van der Waals surface area contributed by atoms with Gasteiger partial charge in [-0.2, -0.15) is 0 Å². The Morgan fingerprint density at radius 3 is 1.24 bits per heavy atom. The van der Waals surface area contributed by atoms with Crippen molar-refractivity contribution in [3.05, 3.63) is 169 Å². The van der Waals surface area contributed by atoms with E-state index in [-0.39, 0.29) is 42.1 Å². The zero-order valence-corrected chi connectivity index (χ0v) is 32.5. The van der Waals surface area contributed by atoms with E-state index in [1.807, 2.05) is 143 Å². The number of hydrogen-bond donors (Lipinski definition) is 0. The predicted molar refractivity (Wildman–Crippen MR) is 196 cm³/mol. The van der Waals surface area contributed by atoms with Gasteiger partial charge in [0.25, 0.3) is 0 Å². The molecule has 0 radical (unpaired) electrons. The first-order valence-electron chi connectivity index (χ1n) is 14.7. The van der Waals surface area contributed by atoms with Crippen LogP contribution in [0.2, 0.25) is 0 Å². The zero-order valence-electron chi connectivity index (χ0n) is 25.5. The molecular formula is C40H24N4Pt2S3. The van der Waals surface area contributed by atoms with Gasteiger partial charge in [0, 0.05) is 12.4 Å². The summed E-state index contributed by atoms with van der Waals surface area (Å²) in [6.07, 6.45) is 3.55. The van der Waals surface area contributed by atoms with Crippen molar-refractivity contribution in [2.24, 2.45) is 0 Å². The molecule has 0 aliphatic carbocycles. The number of rotatable bonds is 4. The molecule has 7 aromatic heterocycles. The molecule has 0 spiro atoms. The molecule has 7 heterocycles. The second-order valence-corrected chi connectivity index (χ2v) is 13.3.